The Morgan fingerprint density at radius 1 is 1.11 bits per heavy atom. The summed E-state index contributed by atoms with van der Waals surface area (Å²) < 4.78 is 5.85. The molecular formula is C22H16ClNO4. The summed E-state index contributed by atoms with van der Waals surface area (Å²) in [4.78, 5) is 40.6. The number of imide groups is 1. The predicted octanol–water partition coefficient (Wildman–Crippen LogP) is 3.40. The number of fused-ring (bicyclic) bond motifs is 5. The van der Waals surface area contributed by atoms with Crippen molar-refractivity contribution in [2.75, 3.05) is 4.90 Å². The number of ketones is 1. The first-order valence-electron chi connectivity index (χ1n) is 9.05. The van der Waals surface area contributed by atoms with Crippen molar-refractivity contribution in [2.24, 2.45) is 11.8 Å². The molecule has 0 radical (unpaired) electrons. The number of amides is 2. The van der Waals surface area contributed by atoms with Crippen molar-refractivity contribution in [3.05, 3.63) is 76.8 Å². The van der Waals surface area contributed by atoms with Crippen LogP contribution in [0, 0.1) is 11.8 Å². The molecule has 3 heterocycles. The van der Waals surface area contributed by atoms with E-state index in [-0.39, 0.29) is 28.8 Å². The Kier molecular flexibility index (Phi) is 3.63. The predicted molar refractivity (Wildman–Crippen MR) is 103 cm³/mol. The van der Waals surface area contributed by atoms with E-state index in [1.165, 1.54) is 6.07 Å². The Labute approximate surface area is 166 Å². The van der Waals surface area contributed by atoms with Gasteiger partial charge in [0, 0.05) is 16.1 Å². The number of halogens is 1. The summed E-state index contributed by atoms with van der Waals surface area (Å²) in [7, 11) is 0. The second-order valence-electron chi connectivity index (χ2n) is 7.50. The molecule has 5 nitrogen and oxygen atoms in total. The summed E-state index contributed by atoms with van der Waals surface area (Å²) in [6.07, 6.45) is 3.29. The summed E-state index contributed by atoms with van der Waals surface area (Å²) >= 11 is 6.13. The minimum Gasteiger partial charge on any atom is -0.362 e. The highest BCUT2D eigenvalue weighted by atomic mass is 35.5. The first-order chi connectivity index (χ1) is 13.4. The van der Waals surface area contributed by atoms with Crippen LogP contribution in [-0.4, -0.2) is 29.3 Å². The Hall–Kier alpha value is -2.76. The van der Waals surface area contributed by atoms with Crippen molar-refractivity contribution < 1.29 is 19.1 Å². The topological polar surface area (TPSA) is 63.7 Å². The molecular weight excluding hydrogens is 378 g/mol. The Balaban J connectivity index is 1.61. The third-order valence-electron chi connectivity index (χ3n) is 5.81. The minimum absolute atomic E-state index is 0.228. The van der Waals surface area contributed by atoms with Gasteiger partial charge in [-0.15, -0.1) is 0 Å². The van der Waals surface area contributed by atoms with Crippen LogP contribution < -0.4 is 4.90 Å². The molecule has 28 heavy (non-hydrogen) atoms. The molecule has 0 aliphatic carbocycles. The molecule has 0 saturated carbocycles. The van der Waals surface area contributed by atoms with Crippen LogP contribution in [0.5, 0.6) is 0 Å². The van der Waals surface area contributed by atoms with E-state index in [4.69, 9.17) is 16.3 Å². The van der Waals surface area contributed by atoms with Crippen LogP contribution in [0.3, 0.4) is 0 Å². The lowest BCUT2D eigenvalue weighted by atomic mass is 9.78. The third kappa shape index (κ3) is 2.26. The largest absolute Gasteiger partial charge is 0.362 e. The molecule has 0 spiro atoms. The van der Waals surface area contributed by atoms with E-state index < -0.39 is 23.5 Å². The van der Waals surface area contributed by atoms with Gasteiger partial charge < -0.3 is 4.74 Å². The first-order valence-corrected chi connectivity index (χ1v) is 9.43. The fourth-order valence-electron chi connectivity index (χ4n) is 4.52. The number of hydrogen-bond acceptors (Lipinski definition) is 4. The molecule has 0 N–H and O–H groups in total. The average molecular weight is 394 g/mol. The van der Waals surface area contributed by atoms with Gasteiger partial charge in [0.15, 0.2) is 5.78 Å². The minimum atomic E-state index is -0.785. The summed E-state index contributed by atoms with van der Waals surface area (Å²) in [6.45, 7) is 1.82. The quantitative estimate of drug-likeness (QED) is 0.455. The number of ether oxygens (including phenoxy) is 1. The van der Waals surface area contributed by atoms with Gasteiger partial charge >= 0.3 is 0 Å². The SMILES string of the molecule is C[C@]12C=C[C@H](O1)[C@H]1C(=O)N(c3ccc(Cl)cc3C(=O)c3ccccc3)C(=O)[C@@H]12. The van der Waals surface area contributed by atoms with Crippen LogP contribution in [0.2, 0.25) is 5.02 Å². The highest BCUT2D eigenvalue weighted by Crippen LogP contribution is 2.52. The molecule has 2 aromatic carbocycles. The van der Waals surface area contributed by atoms with E-state index in [9.17, 15) is 14.4 Å². The molecule has 2 amide bonds. The van der Waals surface area contributed by atoms with Crippen molar-refractivity contribution >= 4 is 34.9 Å². The lowest BCUT2D eigenvalue weighted by Gasteiger charge is -2.25. The maximum Gasteiger partial charge on any atom is 0.241 e. The molecule has 2 fully saturated rings. The molecule has 0 aromatic heterocycles. The Morgan fingerprint density at radius 3 is 2.57 bits per heavy atom. The third-order valence-corrected chi connectivity index (χ3v) is 6.04. The standard InChI is InChI=1S/C22H16ClNO4/c1-22-10-9-16(28-22)17-18(22)21(27)24(20(17)26)15-8-7-13(23)11-14(15)19(25)12-5-3-2-4-6-12/h2-11,16-18H,1H3/t16-,17+,18+,22+/m0/s1. The fraction of sp³-hybridized carbons (Fsp3) is 0.227. The number of anilines is 1. The van der Waals surface area contributed by atoms with Gasteiger partial charge in [0.2, 0.25) is 11.8 Å². The molecule has 6 heteroatoms. The van der Waals surface area contributed by atoms with Crippen LogP contribution in [0.1, 0.15) is 22.8 Å². The number of rotatable bonds is 3. The maximum atomic E-state index is 13.2. The molecule has 4 atom stereocenters. The van der Waals surface area contributed by atoms with E-state index in [0.717, 1.165) is 4.90 Å². The van der Waals surface area contributed by atoms with Gasteiger partial charge in [0.05, 0.1) is 29.2 Å². The lowest BCUT2D eigenvalue weighted by Crippen LogP contribution is -2.39. The van der Waals surface area contributed by atoms with Gasteiger partial charge in [-0.05, 0) is 25.1 Å². The van der Waals surface area contributed by atoms with E-state index in [1.54, 1.807) is 36.4 Å². The zero-order valence-electron chi connectivity index (χ0n) is 15.0. The van der Waals surface area contributed by atoms with Crippen LogP contribution in [-0.2, 0) is 14.3 Å². The summed E-state index contributed by atoms with van der Waals surface area (Å²) in [5, 5.41) is 0.361. The molecule has 140 valence electrons. The zero-order valence-corrected chi connectivity index (χ0v) is 15.7. The van der Waals surface area contributed by atoms with Gasteiger partial charge in [-0.2, -0.15) is 0 Å². The Morgan fingerprint density at radius 2 is 1.86 bits per heavy atom. The van der Waals surface area contributed by atoms with Gasteiger partial charge in [0.1, 0.15) is 0 Å². The number of hydrogen-bond donors (Lipinski definition) is 0. The van der Waals surface area contributed by atoms with Crippen LogP contribution >= 0.6 is 11.6 Å². The van der Waals surface area contributed by atoms with Crippen LogP contribution in [0.15, 0.2) is 60.7 Å². The van der Waals surface area contributed by atoms with E-state index in [0.29, 0.717) is 10.6 Å². The molecule has 0 unspecified atom stereocenters. The maximum absolute atomic E-state index is 13.2. The normalized spacial score (nSPS) is 30.2. The molecule has 2 aromatic rings. The molecule has 3 aliphatic rings. The zero-order chi connectivity index (χ0) is 19.6. The second-order valence-corrected chi connectivity index (χ2v) is 7.93. The highest BCUT2D eigenvalue weighted by Gasteiger charge is 2.66. The summed E-state index contributed by atoms with van der Waals surface area (Å²) in [5.41, 5.74) is 0.173. The summed E-state index contributed by atoms with van der Waals surface area (Å²) in [5.74, 6) is -2.10. The average Bonchev–Trinajstić information content (AvgIpc) is 3.31. The number of benzene rings is 2. The van der Waals surface area contributed by atoms with E-state index >= 15 is 0 Å². The van der Waals surface area contributed by atoms with E-state index in [1.807, 2.05) is 25.1 Å². The van der Waals surface area contributed by atoms with Gasteiger partial charge in [-0.3, -0.25) is 14.4 Å². The van der Waals surface area contributed by atoms with Crippen molar-refractivity contribution in [3.63, 3.8) is 0 Å². The molecule has 5 rings (SSSR count). The molecule has 2 bridgehead atoms. The van der Waals surface area contributed by atoms with Crippen molar-refractivity contribution in [1.82, 2.24) is 0 Å². The molecule has 2 saturated heterocycles. The van der Waals surface area contributed by atoms with Crippen molar-refractivity contribution in [1.29, 1.82) is 0 Å². The van der Waals surface area contributed by atoms with Gasteiger partial charge in [-0.1, -0.05) is 54.1 Å². The van der Waals surface area contributed by atoms with Crippen LogP contribution in [0.4, 0.5) is 5.69 Å². The highest BCUT2D eigenvalue weighted by molar-refractivity contribution is 6.32. The number of carbonyl (C=O) groups is 3. The smallest absolute Gasteiger partial charge is 0.241 e. The van der Waals surface area contributed by atoms with Crippen molar-refractivity contribution in [2.45, 2.75) is 18.6 Å². The monoisotopic (exact) mass is 393 g/mol. The van der Waals surface area contributed by atoms with Gasteiger partial charge in [-0.25, -0.2) is 4.90 Å². The fourth-order valence-corrected chi connectivity index (χ4v) is 4.69. The first kappa shape index (κ1) is 17.3. The van der Waals surface area contributed by atoms with Crippen molar-refractivity contribution in [3.8, 4) is 0 Å². The van der Waals surface area contributed by atoms with Crippen LogP contribution in [0.25, 0.3) is 0 Å². The summed E-state index contributed by atoms with van der Waals surface area (Å²) in [6, 6.07) is 13.4. The Bertz CT molecular complexity index is 1060. The number of nitrogens with zero attached hydrogens (tertiary/aromatic N) is 1. The van der Waals surface area contributed by atoms with Gasteiger partial charge in [0.25, 0.3) is 0 Å². The number of carbonyl (C=O) groups excluding carboxylic acids is 3. The van der Waals surface area contributed by atoms with E-state index in [2.05, 4.69) is 0 Å². The lowest BCUT2D eigenvalue weighted by molar-refractivity contribution is -0.126. The molecule has 3 aliphatic heterocycles. The second kappa shape index (κ2) is 5.87.